The molecule has 1 heterocycles. The van der Waals surface area contributed by atoms with E-state index in [4.69, 9.17) is 9.15 Å². The molecule has 1 aromatic carbocycles. The molecule has 9 heteroatoms. The molecule has 8 nitrogen and oxygen atoms in total. The second kappa shape index (κ2) is 8.11. The van der Waals surface area contributed by atoms with E-state index in [0.717, 1.165) is 10.0 Å². The molecular weight excluding hydrogens is 392 g/mol. The van der Waals surface area contributed by atoms with Gasteiger partial charge < -0.3 is 14.5 Å². The summed E-state index contributed by atoms with van der Waals surface area (Å²) in [5.41, 5.74) is 0.367. The highest BCUT2D eigenvalue weighted by atomic mass is 79.9. The summed E-state index contributed by atoms with van der Waals surface area (Å²) in [7, 11) is 0. The molecule has 2 amide bonds. The Balaban J connectivity index is 1.81. The van der Waals surface area contributed by atoms with Crippen LogP contribution in [0.25, 0.3) is 0 Å². The lowest BCUT2D eigenvalue weighted by Crippen LogP contribution is -2.37. The summed E-state index contributed by atoms with van der Waals surface area (Å²) in [5.74, 6) is -0.123. The van der Waals surface area contributed by atoms with E-state index in [9.17, 15) is 9.59 Å². The van der Waals surface area contributed by atoms with Crippen LogP contribution in [0, 0.1) is 0 Å². The molecule has 2 N–H and O–H groups in total. The molecule has 0 unspecified atom stereocenters. The number of nitrogens with zero attached hydrogens (tertiary/aromatic N) is 2. The largest absolute Gasteiger partial charge is 0.444 e. The van der Waals surface area contributed by atoms with Crippen LogP contribution >= 0.6 is 15.9 Å². The Kier molecular flexibility index (Phi) is 6.13. The molecule has 0 aliphatic heterocycles. The number of carbonyl (C=O) groups is 2. The predicted molar refractivity (Wildman–Crippen MR) is 94.1 cm³/mol. The summed E-state index contributed by atoms with van der Waals surface area (Å²) in [4.78, 5) is 23.3. The average molecular weight is 411 g/mol. The van der Waals surface area contributed by atoms with Gasteiger partial charge in [0.05, 0.1) is 6.42 Å². The van der Waals surface area contributed by atoms with Gasteiger partial charge in [-0.25, -0.2) is 4.79 Å². The van der Waals surface area contributed by atoms with Gasteiger partial charge in [-0.3, -0.25) is 10.1 Å². The lowest BCUT2D eigenvalue weighted by Gasteiger charge is -2.19. The molecule has 0 aliphatic carbocycles. The molecule has 0 atom stereocenters. The van der Waals surface area contributed by atoms with Crippen molar-refractivity contribution in [3.63, 3.8) is 0 Å². The van der Waals surface area contributed by atoms with Crippen molar-refractivity contribution in [2.45, 2.75) is 32.8 Å². The molecule has 2 rings (SSSR count). The van der Waals surface area contributed by atoms with Gasteiger partial charge in [-0.1, -0.05) is 33.2 Å². The number of anilines is 1. The maximum absolute atomic E-state index is 11.8. The third-order valence-corrected chi connectivity index (χ3v) is 3.30. The van der Waals surface area contributed by atoms with Crippen molar-refractivity contribution in [3.05, 3.63) is 40.2 Å². The Hall–Kier alpha value is -2.42. The fourth-order valence-electron chi connectivity index (χ4n) is 1.78. The Morgan fingerprint density at radius 3 is 2.52 bits per heavy atom. The summed E-state index contributed by atoms with van der Waals surface area (Å²) < 4.78 is 11.4. The van der Waals surface area contributed by atoms with Crippen molar-refractivity contribution in [1.29, 1.82) is 0 Å². The first-order valence-electron chi connectivity index (χ1n) is 7.55. The van der Waals surface area contributed by atoms with Crippen LogP contribution in [0.2, 0.25) is 0 Å². The van der Waals surface area contributed by atoms with E-state index in [1.165, 1.54) is 0 Å². The third-order valence-electron chi connectivity index (χ3n) is 2.77. The van der Waals surface area contributed by atoms with Gasteiger partial charge in [0.1, 0.15) is 12.1 Å². The molecule has 134 valence electrons. The van der Waals surface area contributed by atoms with Crippen molar-refractivity contribution < 1.29 is 18.7 Å². The number of aromatic nitrogens is 2. The summed E-state index contributed by atoms with van der Waals surface area (Å²) in [6.07, 6.45) is -0.226. The van der Waals surface area contributed by atoms with Gasteiger partial charge in [0.15, 0.2) is 0 Å². The highest BCUT2D eigenvalue weighted by molar-refractivity contribution is 9.10. The number of hydrogen-bond donors (Lipinski definition) is 2. The van der Waals surface area contributed by atoms with E-state index in [-0.39, 0.29) is 12.6 Å². The molecule has 0 spiro atoms. The zero-order valence-electron chi connectivity index (χ0n) is 14.1. The number of alkyl carbamates (subject to hydrolysis) is 1. The quantitative estimate of drug-likeness (QED) is 0.784. The van der Waals surface area contributed by atoms with Gasteiger partial charge in [0.2, 0.25) is 11.8 Å². The number of rotatable bonds is 5. The summed E-state index contributed by atoms with van der Waals surface area (Å²) in [5, 5.41) is 12.4. The first-order chi connectivity index (χ1) is 11.7. The monoisotopic (exact) mass is 410 g/mol. The van der Waals surface area contributed by atoms with E-state index < -0.39 is 17.6 Å². The van der Waals surface area contributed by atoms with Crippen LogP contribution in [-0.4, -0.2) is 34.3 Å². The van der Waals surface area contributed by atoms with Gasteiger partial charge in [-0.2, -0.15) is 0 Å². The molecular formula is C16H19BrN4O4. The van der Waals surface area contributed by atoms with E-state index in [1.807, 2.05) is 24.3 Å². The van der Waals surface area contributed by atoms with Crippen molar-refractivity contribution >= 4 is 33.9 Å². The molecule has 0 radical (unpaired) electrons. The lowest BCUT2D eigenvalue weighted by atomic mass is 10.2. The second-order valence-corrected chi connectivity index (χ2v) is 7.12. The number of halogens is 1. The number of carbonyl (C=O) groups excluding carboxylic acids is 2. The zero-order chi connectivity index (χ0) is 18.4. The zero-order valence-corrected chi connectivity index (χ0v) is 15.7. The topological polar surface area (TPSA) is 106 Å². The maximum atomic E-state index is 11.8. The van der Waals surface area contributed by atoms with Crippen molar-refractivity contribution in [1.82, 2.24) is 15.5 Å². The number of benzene rings is 1. The van der Waals surface area contributed by atoms with Gasteiger partial charge in [0, 0.05) is 4.47 Å². The van der Waals surface area contributed by atoms with Crippen LogP contribution in [0.3, 0.4) is 0 Å². The van der Waals surface area contributed by atoms with E-state index >= 15 is 0 Å². The van der Waals surface area contributed by atoms with Crippen molar-refractivity contribution in [2.75, 3.05) is 11.9 Å². The first kappa shape index (κ1) is 18.9. The summed E-state index contributed by atoms with van der Waals surface area (Å²) in [6.45, 7) is 4.94. The highest BCUT2D eigenvalue weighted by Gasteiger charge is 2.17. The molecule has 25 heavy (non-hydrogen) atoms. The lowest BCUT2D eigenvalue weighted by molar-refractivity contribution is -0.115. The van der Waals surface area contributed by atoms with Crippen LogP contribution in [-0.2, 0) is 16.0 Å². The Morgan fingerprint density at radius 1 is 1.20 bits per heavy atom. The van der Waals surface area contributed by atoms with E-state index in [0.29, 0.717) is 12.3 Å². The van der Waals surface area contributed by atoms with Gasteiger partial charge >= 0.3 is 12.1 Å². The molecule has 0 saturated carbocycles. The van der Waals surface area contributed by atoms with Crippen molar-refractivity contribution in [2.24, 2.45) is 0 Å². The Bertz CT molecular complexity index is 737. The highest BCUT2D eigenvalue weighted by Crippen LogP contribution is 2.14. The van der Waals surface area contributed by atoms with Crippen LogP contribution in [0.5, 0.6) is 0 Å². The normalized spacial score (nSPS) is 11.0. The molecule has 0 fully saturated rings. The van der Waals surface area contributed by atoms with Crippen LogP contribution in [0.1, 0.15) is 32.2 Å². The molecule has 2 aromatic rings. The standard InChI is InChI=1S/C16H19BrN4O4/c1-16(2,3)25-15(23)18-9-12(22)19-14-21-20-13(24-14)8-10-4-6-11(17)7-5-10/h4-7H,8-9H2,1-3H3,(H,18,23)(H,19,21,22). The third kappa shape index (κ3) is 6.92. The fraction of sp³-hybridized carbons (Fsp3) is 0.375. The Morgan fingerprint density at radius 2 is 1.88 bits per heavy atom. The number of amides is 2. The maximum Gasteiger partial charge on any atom is 0.408 e. The number of nitrogens with one attached hydrogen (secondary N) is 2. The van der Waals surface area contributed by atoms with Gasteiger partial charge in [-0.15, -0.1) is 5.10 Å². The van der Waals surface area contributed by atoms with Crippen LogP contribution < -0.4 is 10.6 Å². The Labute approximate surface area is 153 Å². The van der Waals surface area contributed by atoms with Crippen LogP contribution in [0.4, 0.5) is 10.8 Å². The smallest absolute Gasteiger partial charge is 0.408 e. The predicted octanol–water partition coefficient (Wildman–Crippen LogP) is 2.89. The summed E-state index contributed by atoms with van der Waals surface area (Å²) >= 11 is 3.37. The molecule has 0 saturated heterocycles. The van der Waals surface area contributed by atoms with Gasteiger partial charge in [0.25, 0.3) is 0 Å². The van der Waals surface area contributed by atoms with Gasteiger partial charge in [-0.05, 0) is 38.5 Å². The SMILES string of the molecule is CC(C)(C)OC(=O)NCC(=O)Nc1nnc(Cc2ccc(Br)cc2)o1. The minimum Gasteiger partial charge on any atom is -0.444 e. The van der Waals surface area contributed by atoms with Crippen LogP contribution in [0.15, 0.2) is 33.2 Å². The minimum absolute atomic E-state index is 0.0249. The summed E-state index contributed by atoms with van der Waals surface area (Å²) in [6, 6.07) is 7.66. The minimum atomic E-state index is -0.677. The number of ether oxygens (including phenoxy) is 1. The average Bonchev–Trinajstić information content (AvgIpc) is 2.93. The van der Waals surface area contributed by atoms with E-state index in [2.05, 4.69) is 36.8 Å². The van der Waals surface area contributed by atoms with E-state index in [1.54, 1.807) is 20.8 Å². The molecule has 0 bridgehead atoms. The number of hydrogen-bond acceptors (Lipinski definition) is 6. The van der Waals surface area contributed by atoms with Crippen molar-refractivity contribution in [3.8, 4) is 0 Å². The fourth-order valence-corrected chi connectivity index (χ4v) is 2.05. The second-order valence-electron chi connectivity index (χ2n) is 6.21. The molecule has 1 aromatic heterocycles. The first-order valence-corrected chi connectivity index (χ1v) is 8.34. The molecule has 0 aliphatic rings.